The third kappa shape index (κ3) is 16.1. The fraction of sp³-hybridized carbons (Fsp3) is 0.625. The molecule has 0 saturated heterocycles. The first kappa shape index (κ1) is 24.7. The SMILES string of the molecule is CN=C([CH-][CH-]C(C)(C)C)NO.[U].[V].[W]. The summed E-state index contributed by atoms with van der Waals surface area (Å²) in [6.45, 7) is 6.23. The third-order valence-electron chi connectivity index (χ3n) is 1.10. The summed E-state index contributed by atoms with van der Waals surface area (Å²) in [4.78, 5) is 3.78. The second-order valence-corrected chi connectivity index (χ2v) is 3.42. The Balaban J connectivity index is -0.000000167. The summed E-state index contributed by atoms with van der Waals surface area (Å²) in [6.07, 6.45) is 3.72. The molecule has 3 nitrogen and oxygen atoms in total. The van der Waals surface area contributed by atoms with Gasteiger partial charge in [-0.2, -0.15) is 5.41 Å². The van der Waals surface area contributed by atoms with Crippen LogP contribution in [-0.4, -0.2) is 18.1 Å². The number of rotatable bonds is 2. The predicted octanol–water partition coefficient (Wildman–Crippen LogP) is 1.44. The Morgan fingerprint density at radius 2 is 1.79 bits per heavy atom. The first-order valence-electron chi connectivity index (χ1n) is 3.56. The molecule has 0 aliphatic carbocycles. The van der Waals surface area contributed by atoms with Crippen LogP contribution in [0.1, 0.15) is 20.8 Å². The van der Waals surface area contributed by atoms with Crippen molar-refractivity contribution >= 4 is 5.84 Å². The molecule has 14 heavy (non-hydrogen) atoms. The fourth-order valence-corrected chi connectivity index (χ4v) is 0.491. The zero-order valence-electron chi connectivity index (χ0n) is 8.90. The van der Waals surface area contributed by atoms with Gasteiger partial charge in [0.15, 0.2) is 0 Å². The van der Waals surface area contributed by atoms with E-state index in [1.807, 2.05) is 11.9 Å². The van der Waals surface area contributed by atoms with E-state index in [0.717, 1.165) is 0 Å². The molecule has 0 saturated carbocycles. The molecule has 0 bridgehead atoms. The van der Waals surface area contributed by atoms with Crippen LogP contribution in [0, 0.1) is 49.4 Å². The largest absolute Gasteiger partial charge is 0.484 e. The first-order chi connectivity index (χ1) is 4.99. The van der Waals surface area contributed by atoms with Crippen molar-refractivity contribution in [2.75, 3.05) is 7.05 Å². The van der Waals surface area contributed by atoms with Gasteiger partial charge in [-0.1, -0.05) is 20.8 Å². The van der Waals surface area contributed by atoms with Crippen LogP contribution in [0.25, 0.3) is 0 Å². The third-order valence-corrected chi connectivity index (χ3v) is 1.10. The summed E-state index contributed by atoms with van der Waals surface area (Å²) in [7, 11) is 1.62. The van der Waals surface area contributed by atoms with Crippen LogP contribution < -0.4 is 5.48 Å². The molecule has 0 fully saturated rings. The van der Waals surface area contributed by atoms with Gasteiger partial charge < -0.3 is 17.8 Å². The summed E-state index contributed by atoms with van der Waals surface area (Å²) >= 11 is 0. The van der Waals surface area contributed by atoms with Crippen molar-refractivity contribution in [1.82, 2.24) is 5.48 Å². The maximum Gasteiger partial charge on any atom is 0.0266 e. The van der Waals surface area contributed by atoms with Gasteiger partial charge in [0.25, 0.3) is 0 Å². The Labute approximate surface area is 137 Å². The van der Waals surface area contributed by atoms with Crippen molar-refractivity contribution in [3.8, 4) is 0 Å². The van der Waals surface area contributed by atoms with Gasteiger partial charge in [-0.05, 0) is 5.84 Å². The van der Waals surface area contributed by atoms with E-state index < -0.39 is 0 Å². The Morgan fingerprint density at radius 1 is 1.36 bits per heavy atom. The van der Waals surface area contributed by atoms with E-state index >= 15 is 0 Å². The number of hydrogen-bond donors (Lipinski definition) is 2. The minimum atomic E-state index is 0. The van der Waals surface area contributed by atoms with E-state index in [-0.39, 0.29) is 76.1 Å². The molecule has 0 aromatic heterocycles. The average Bonchev–Trinajstić information content (AvgIpc) is 1.88. The smallest absolute Gasteiger partial charge is 0.0266 e. The summed E-state index contributed by atoms with van der Waals surface area (Å²) in [5.74, 6) is 0.472. The molecule has 0 amide bonds. The molecule has 0 aromatic rings. The number of aliphatic imine (C=N–C) groups is 1. The van der Waals surface area contributed by atoms with Crippen LogP contribution in [-0.2, 0) is 39.6 Å². The molecule has 0 unspecified atom stereocenters. The first-order valence-corrected chi connectivity index (χ1v) is 3.56. The van der Waals surface area contributed by atoms with Crippen LogP contribution in [0.5, 0.6) is 0 Å². The van der Waals surface area contributed by atoms with E-state index in [2.05, 4.69) is 25.8 Å². The number of nitrogens with zero attached hydrogens (tertiary/aromatic N) is 1. The van der Waals surface area contributed by atoms with Gasteiger partial charge in [-0.15, -0.1) is 0 Å². The maximum absolute atomic E-state index is 8.49. The van der Waals surface area contributed by atoms with Crippen molar-refractivity contribution in [2.45, 2.75) is 20.8 Å². The summed E-state index contributed by atoms with van der Waals surface area (Å²) in [5.41, 5.74) is 2.11. The van der Waals surface area contributed by atoms with Crippen molar-refractivity contribution < 1.29 is 75.9 Å². The molecular formula is C8H16N2OUVW-2. The zero-order chi connectivity index (χ0) is 8.91. The average molecular weight is 629 g/mol. The standard InChI is InChI=1S/C8H16N2O.U.V.W/c1-8(2,3)6-5-7(9-4)10-11;;;/h5-6,11H,1-4H3,(H,9,10);;;/q-2;;;. The normalized spacial score (nSPS) is 10.2. The molecule has 0 aliphatic rings. The fourth-order valence-electron chi connectivity index (χ4n) is 0.491. The number of nitrogens with one attached hydrogen (secondary N) is 1. The van der Waals surface area contributed by atoms with E-state index in [1.165, 1.54) is 0 Å². The summed E-state index contributed by atoms with van der Waals surface area (Å²) < 4.78 is 0. The Kier molecular flexibility index (Phi) is 22.4. The molecule has 1 radical (unpaired) electrons. The Hall–Kier alpha value is 1.62. The summed E-state index contributed by atoms with van der Waals surface area (Å²) in [5, 5.41) is 8.49. The van der Waals surface area contributed by atoms with Crippen molar-refractivity contribution in [3.05, 3.63) is 12.8 Å². The van der Waals surface area contributed by atoms with E-state index in [1.54, 1.807) is 13.5 Å². The quantitative estimate of drug-likeness (QED) is 0.211. The molecule has 6 heteroatoms. The van der Waals surface area contributed by atoms with Crippen LogP contribution >= 0.6 is 0 Å². The van der Waals surface area contributed by atoms with E-state index in [0.29, 0.717) is 5.84 Å². The van der Waals surface area contributed by atoms with Gasteiger partial charge in [-0.25, -0.2) is 0 Å². The van der Waals surface area contributed by atoms with Gasteiger partial charge in [0.05, 0.1) is 0 Å². The molecular weight excluding hydrogens is 613 g/mol. The number of hydrogen-bond acceptors (Lipinski definition) is 2. The minimum absolute atomic E-state index is 0. The molecule has 0 rings (SSSR count). The molecule has 0 spiro atoms. The Morgan fingerprint density at radius 3 is 2.00 bits per heavy atom. The molecule has 2 N–H and O–H groups in total. The monoisotopic (exact) mass is 629 g/mol. The molecule has 0 aliphatic heterocycles. The van der Waals surface area contributed by atoms with Gasteiger partial charge in [0.1, 0.15) is 0 Å². The van der Waals surface area contributed by atoms with Gasteiger partial charge in [0, 0.05) is 77.8 Å². The van der Waals surface area contributed by atoms with Gasteiger partial charge >= 0.3 is 0 Å². The predicted molar refractivity (Wildman–Crippen MR) is 46.3 cm³/mol. The second-order valence-electron chi connectivity index (χ2n) is 3.42. The van der Waals surface area contributed by atoms with Crippen LogP contribution in [0.4, 0.5) is 0 Å². The molecule has 0 heterocycles. The molecule has 81 valence electrons. The van der Waals surface area contributed by atoms with E-state index in [4.69, 9.17) is 5.21 Å². The van der Waals surface area contributed by atoms with Crippen LogP contribution in [0.3, 0.4) is 0 Å². The minimum Gasteiger partial charge on any atom is -0.484 e. The zero-order valence-corrected chi connectivity index (χ0v) is 17.4. The number of hydroxylamine groups is 1. The summed E-state index contributed by atoms with van der Waals surface area (Å²) in [6, 6.07) is 0. The van der Waals surface area contributed by atoms with Crippen molar-refractivity contribution in [1.29, 1.82) is 0 Å². The van der Waals surface area contributed by atoms with Crippen LogP contribution in [0.15, 0.2) is 4.99 Å². The maximum atomic E-state index is 8.49. The second kappa shape index (κ2) is 12.7. The van der Waals surface area contributed by atoms with Gasteiger partial charge in [0.2, 0.25) is 0 Å². The van der Waals surface area contributed by atoms with Gasteiger partial charge in [-0.3, -0.25) is 10.7 Å². The topological polar surface area (TPSA) is 44.6 Å². The van der Waals surface area contributed by atoms with Crippen LogP contribution in [0.2, 0.25) is 0 Å². The number of amidine groups is 1. The molecule has 0 atom stereocenters. The van der Waals surface area contributed by atoms with Crippen molar-refractivity contribution in [2.24, 2.45) is 10.4 Å². The Bertz CT molecular complexity index is 151. The van der Waals surface area contributed by atoms with E-state index in [9.17, 15) is 0 Å². The van der Waals surface area contributed by atoms with Crippen molar-refractivity contribution in [3.63, 3.8) is 0 Å². The molecule has 0 aromatic carbocycles.